The van der Waals surface area contributed by atoms with Gasteiger partial charge in [0.1, 0.15) is 0 Å². The summed E-state index contributed by atoms with van der Waals surface area (Å²) in [6, 6.07) is 48.4. The predicted molar refractivity (Wildman–Crippen MR) is 173 cm³/mol. The van der Waals surface area contributed by atoms with Gasteiger partial charge in [0.25, 0.3) is 0 Å². The van der Waals surface area contributed by atoms with E-state index in [9.17, 15) is 0 Å². The van der Waals surface area contributed by atoms with Crippen molar-refractivity contribution in [2.24, 2.45) is 0 Å². The fourth-order valence-corrected chi connectivity index (χ4v) is 11.6. The Balaban J connectivity index is 1.46. The second kappa shape index (κ2) is 12.7. The Kier molecular flexibility index (Phi) is 8.90. The number of benzene rings is 5. The summed E-state index contributed by atoms with van der Waals surface area (Å²) in [7, 11) is 1.72. The average Bonchev–Trinajstić information content (AvgIpc) is 3.03. The van der Waals surface area contributed by atoms with Gasteiger partial charge in [-0.2, -0.15) is 0 Å². The van der Waals surface area contributed by atoms with Crippen molar-refractivity contribution in [3.8, 4) is 11.5 Å². The number of ether oxygens (including phenoxy) is 2. The van der Waals surface area contributed by atoms with E-state index in [1.54, 1.807) is 7.11 Å². The van der Waals surface area contributed by atoms with Crippen molar-refractivity contribution in [1.82, 2.24) is 0 Å². The Morgan fingerprint density at radius 3 is 1.60 bits per heavy atom. The Morgan fingerprint density at radius 2 is 1.10 bits per heavy atom. The Hall–Kier alpha value is -3.58. The van der Waals surface area contributed by atoms with Crippen LogP contribution >= 0.6 is 17.2 Å². The van der Waals surface area contributed by atoms with E-state index in [2.05, 4.69) is 109 Å². The summed E-state index contributed by atoms with van der Waals surface area (Å²) in [6.07, 6.45) is 3.76. The maximum atomic E-state index is 8.29. The molecular weight excluding hydrogens is 531 g/mol. The number of halogens is 1. The fraction of sp³-hybridized carbons (Fsp3) is 0.167. The van der Waals surface area contributed by atoms with Crippen molar-refractivity contribution in [3.63, 3.8) is 0 Å². The van der Waals surface area contributed by atoms with Gasteiger partial charge in [0.15, 0.2) is 0 Å². The number of unbranched alkanes of at least 4 members (excludes halogenated alkanes) is 1. The normalized spacial score (nSPS) is 12.3. The van der Waals surface area contributed by atoms with Crippen LogP contribution in [0.1, 0.15) is 24.0 Å². The van der Waals surface area contributed by atoms with Gasteiger partial charge in [-0.25, -0.2) is 0 Å². The van der Waals surface area contributed by atoms with Gasteiger partial charge >= 0.3 is 226 Å². The molecule has 5 aromatic carbocycles. The number of aryl methyl sites for hydroxylation is 1. The van der Waals surface area contributed by atoms with Gasteiger partial charge in [0.2, 0.25) is 0 Å². The molecule has 2 nitrogen and oxygen atoms in total. The van der Waals surface area contributed by atoms with Crippen LogP contribution in [0.3, 0.4) is 0 Å². The van der Waals surface area contributed by atoms with Gasteiger partial charge < -0.3 is 0 Å². The Bertz CT molecular complexity index is 1390. The van der Waals surface area contributed by atoms with Crippen LogP contribution in [0.25, 0.3) is 0 Å². The molecule has 0 fully saturated rings. The molecule has 0 spiro atoms. The first-order valence-electron chi connectivity index (χ1n) is 13.8. The van der Waals surface area contributed by atoms with E-state index in [0.29, 0.717) is 12.8 Å². The molecular formula is C36H36ClO2P. The van der Waals surface area contributed by atoms with E-state index in [1.807, 2.05) is 30.3 Å². The molecule has 0 aromatic heterocycles. The molecule has 0 aliphatic heterocycles. The Labute approximate surface area is 243 Å². The first kappa shape index (κ1) is 28.0. The third-order valence-corrected chi connectivity index (χ3v) is 14.8. The van der Waals surface area contributed by atoms with E-state index in [4.69, 9.17) is 20.7 Å². The van der Waals surface area contributed by atoms with Gasteiger partial charge in [-0.05, 0) is 0 Å². The summed E-state index contributed by atoms with van der Waals surface area (Å²) < 4.78 is 12.1. The molecule has 0 saturated heterocycles. The van der Waals surface area contributed by atoms with Crippen molar-refractivity contribution in [2.75, 3.05) is 13.7 Å². The van der Waals surface area contributed by atoms with Gasteiger partial charge in [0, 0.05) is 0 Å². The summed E-state index contributed by atoms with van der Waals surface area (Å²) in [5.74, 6) is -1.86. The van der Waals surface area contributed by atoms with E-state index < -0.39 is 5.96 Å². The molecule has 5 aromatic rings. The van der Waals surface area contributed by atoms with Gasteiger partial charge in [-0.1, -0.05) is 18.2 Å². The first-order chi connectivity index (χ1) is 19.6. The van der Waals surface area contributed by atoms with Gasteiger partial charge in [-0.15, -0.1) is 0 Å². The molecule has 0 N–H and O–H groups in total. The molecule has 0 aliphatic rings. The number of hydrogen-bond acceptors (Lipinski definition) is 2. The molecule has 0 unspecified atom stereocenters. The van der Waals surface area contributed by atoms with Crippen LogP contribution in [0.15, 0.2) is 140 Å². The quantitative estimate of drug-likeness (QED) is 0.112. The molecule has 4 heteroatoms. The van der Waals surface area contributed by atoms with Crippen LogP contribution in [0.5, 0.6) is 11.5 Å². The minimum absolute atomic E-state index is 0.617. The molecule has 5 rings (SSSR count). The van der Waals surface area contributed by atoms with Crippen LogP contribution in [-0.4, -0.2) is 13.7 Å². The van der Waals surface area contributed by atoms with Crippen LogP contribution in [0.2, 0.25) is 0 Å². The standard InChI is InChI=1S/C36H36ClO2P/c1-38-36-28-32(39-27-15-14-18-30-16-6-2-7-17-30)26-25-31(36)29-40(37,33-19-8-3-9-20-33,34-21-10-4-11-22-34)35-23-12-5-13-24-35/h2-13,16-17,19-26,28H,14-15,18,27,29H2,1H3. The van der Waals surface area contributed by atoms with Crippen molar-refractivity contribution in [1.29, 1.82) is 0 Å². The monoisotopic (exact) mass is 566 g/mol. The van der Waals surface area contributed by atoms with E-state index in [1.165, 1.54) is 5.56 Å². The summed E-state index contributed by atoms with van der Waals surface area (Å²) in [5.41, 5.74) is 2.43. The van der Waals surface area contributed by atoms with E-state index in [-0.39, 0.29) is 0 Å². The molecule has 0 saturated carbocycles. The average molecular weight is 567 g/mol. The maximum absolute atomic E-state index is 8.29. The molecule has 40 heavy (non-hydrogen) atoms. The molecule has 204 valence electrons. The van der Waals surface area contributed by atoms with Crippen LogP contribution in [0, 0.1) is 0 Å². The second-order valence-electron chi connectivity index (χ2n) is 10.1. The fourth-order valence-electron chi connectivity index (χ4n) is 5.47. The SMILES string of the molecule is COc1cc(OCCCCc2ccccc2)ccc1CP(Cl)(c1ccccc1)(c1ccccc1)c1ccccc1. The summed E-state index contributed by atoms with van der Waals surface area (Å²) >= 11 is 8.29. The number of rotatable bonds is 12. The molecule has 0 bridgehead atoms. The predicted octanol–water partition coefficient (Wildman–Crippen LogP) is 8.28. The minimum atomic E-state index is -3.47. The third kappa shape index (κ3) is 5.80. The van der Waals surface area contributed by atoms with Gasteiger partial charge in [0.05, 0.1) is 0 Å². The second-order valence-corrected chi connectivity index (χ2v) is 16.6. The van der Waals surface area contributed by atoms with E-state index in [0.717, 1.165) is 52.2 Å². The van der Waals surface area contributed by atoms with Gasteiger partial charge in [-0.3, -0.25) is 0 Å². The summed E-state index contributed by atoms with van der Waals surface area (Å²) in [4.78, 5) is 0. The zero-order valence-electron chi connectivity index (χ0n) is 23.0. The third-order valence-electron chi connectivity index (χ3n) is 7.58. The summed E-state index contributed by atoms with van der Waals surface area (Å²) in [6.45, 7) is 0.669. The Morgan fingerprint density at radius 1 is 0.600 bits per heavy atom. The zero-order chi connectivity index (χ0) is 27.7. The number of methoxy groups -OCH3 is 1. The topological polar surface area (TPSA) is 18.5 Å². The van der Waals surface area contributed by atoms with Crippen LogP contribution in [0.4, 0.5) is 0 Å². The van der Waals surface area contributed by atoms with Crippen molar-refractivity contribution in [3.05, 3.63) is 151 Å². The molecule has 0 heterocycles. The first-order valence-corrected chi connectivity index (χ1v) is 17.2. The van der Waals surface area contributed by atoms with Crippen molar-refractivity contribution >= 4 is 33.1 Å². The van der Waals surface area contributed by atoms with Crippen molar-refractivity contribution < 1.29 is 9.47 Å². The number of hydrogen-bond donors (Lipinski definition) is 0. The molecule has 0 atom stereocenters. The van der Waals surface area contributed by atoms with E-state index >= 15 is 0 Å². The molecule has 0 amide bonds. The summed E-state index contributed by atoms with van der Waals surface area (Å²) in [5, 5.41) is 3.40. The zero-order valence-corrected chi connectivity index (χ0v) is 24.6. The van der Waals surface area contributed by atoms with Crippen LogP contribution in [-0.2, 0) is 12.6 Å². The molecule has 0 aliphatic carbocycles. The molecule has 0 radical (unpaired) electrons. The van der Waals surface area contributed by atoms with Crippen LogP contribution < -0.4 is 25.4 Å². The van der Waals surface area contributed by atoms with Crippen molar-refractivity contribution in [2.45, 2.75) is 25.4 Å².